The van der Waals surface area contributed by atoms with Crippen LogP contribution in [-0.4, -0.2) is 66.7 Å². The predicted molar refractivity (Wildman–Crippen MR) is 104 cm³/mol. The molecule has 0 aromatic heterocycles. The number of nitrogens with one attached hydrogen (secondary N) is 2. The van der Waals surface area contributed by atoms with E-state index >= 15 is 0 Å². The van der Waals surface area contributed by atoms with Crippen molar-refractivity contribution in [1.82, 2.24) is 10.0 Å². The van der Waals surface area contributed by atoms with Crippen molar-refractivity contribution >= 4 is 16.1 Å². The highest BCUT2D eigenvalue weighted by atomic mass is 32.2. The number of hydrogen-bond acceptors (Lipinski definition) is 7. The number of sulfonamides is 1. The largest absolute Gasteiger partial charge is 0.491 e. The SMILES string of the molecule is CNS(=O)(=O)c1ccc(OCCOCCOCCNC(=O)OC(C)(C)C)cc1. The molecular weight excluding hydrogens is 388 g/mol. The van der Waals surface area contributed by atoms with E-state index in [0.717, 1.165) is 0 Å². The number of ether oxygens (including phenoxy) is 4. The van der Waals surface area contributed by atoms with Crippen LogP contribution in [0.2, 0.25) is 0 Å². The molecule has 0 atom stereocenters. The number of benzene rings is 1. The van der Waals surface area contributed by atoms with Gasteiger partial charge in [0.15, 0.2) is 0 Å². The zero-order chi connectivity index (χ0) is 21.0. The highest BCUT2D eigenvalue weighted by Crippen LogP contribution is 2.15. The Balaban J connectivity index is 2.03. The van der Waals surface area contributed by atoms with Crippen molar-refractivity contribution < 1.29 is 32.2 Å². The summed E-state index contributed by atoms with van der Waals surface area (Å²) in [4.78, 5) is 11.6. The first kappa shape index (κ1) is 24.2. The van der Waals surface area contributed by atoms with Crippen LogP contribution in [-0.2, 0) is 24.2 Å². The number of rotatable bonds is 12. The van der Waals surface area contributed by atoms with Gasteiger partial charge in [0.2, 0.25) is 10.0 Å². The van der Waals surface area contributed by atoms with Crippen LogP contribution in [0.1, 0.15) is 20.8 Å². The maximum atomic E-state index is 11.6. The Hall–Kier alpha value is -1.88. The van der Waals surface area contributed by atoms with Gasteiger partial charge in [-0.25, -0.2) is 17.9 Å². The summed E-state index contributed by atoms with van der Waals surface area (Å²) < 4.78 is 46.8. The van der Waals surface area contributed by atoms with E-state index in [0.29, 0.717) is 45.3 Å². The third-order valence-electron chi connectivity index (χ3n) is 3.19. The van der Waals surface area contributed by atoms with Crippen LogP contribution >= 0.6 is 0 Å². The van der Waals surface area contributed by atoms with Crippen molar-refractivity contribution in [1.29, 1.82) is 0 Å². The Kier molecular flexibility index (Phi) is 10.2. The molecule has 0 bridgehead atoms. The Morgan fingerprint density at radius 1 is 0.964 bits per heavy atom. The summed E-state index contributed by atoms with van der Waals surface area (Å²) in [6, 6.07) is 6.12. The molecule has 0 saturated carbocycles. The lowest BCUT2D eigenvalue weighted by atomic mass is 10.2. The fourth-order valence-corrected chi connectivity index (χ4v) is 2.64. The molecule has 0 spiro atoms. The van der Waals surface area contributed by atoms with E-state index < -0.39 is 21.7 Å². The van der Waals surface area contributed by atoms with Gasteiger partial charge in [-0.05, 0) is 52.1 Å². The summed E-state index contributed by atoms with van der Waals surface area (Å²) in [6.45, 7) is 7.61. The summed E-state index contributed by atoms with van der Waals surface area (Å²) in [5.41, 5.74) is -0.521. The fourth-order valence-electron chi connectivity index (χ4n) is 1.91. The van der Waals surface area contributed by atoms with Crippen LogP contribution in [0.5, 0.6) is 5.75 Å². The number of alkyl carbamates (subject to hydrolysis) is 1. The second-order valence-electron chi connectivity index (χ2n) is 6.68. The summed E-state index contributed by atoms with van der Waals surface area (Å²) in [7, 11) is -2.09. The topological polar surface area (TPSA) is 112 Å². The Morgan fingerprint density at radius 2 is 1.54 bits per heavy atom. The van der Waals surface area contributed by atoms with Crippen molar-refractivity contribution in [3.05, 3.63) is 24.3 Å². The second kappa shape index (κ2) is 11.8. The lowest BCUT2D eigenvalue weighted by molar-refractivity contribution is 0.0327. The molecule has 0 saturated heterocycles. The lowest BCUT2D eigenvalue weighted by Crippen LogP contribution is -2.34. The molecule has 2 N–H and O–H groups in total. The van der Waals surface area contributed by atoms with Crippen LogP contribution in [0.15, 0.2) is 29.2 Å². The summed E-state index contributed by atoms with van der Waals surface area (Å²) in [6.07, 6.45) is -0.471. The van der Waals surface area contributed by atoms with Gasteiger partial charge >= 0.3 is 6.09 Å². The monoisotopic (exact) mass is 418 g/mol. The van der Waals surface area contributed by atoms with Gasteiger partial charge in [0.05, 0.1) is 31.3 Å². The third-order valence-corrected chi connectivity index (χ3v) is 4.62. The number of hydrogen-bond donors (Lipinski definition) is 2. The molecular formula is C18H30N2O7S. The van der Waals surface area contributed by atoms with Crippen molar-refractivity contribution in [2.45, 2.75) is 31.3 Å². The lowest BCUT2D eigenvalue weighted by Gasteiger charge is -2.19. The van der Waals surface area contributed by atoms with E-state index in [1.54, 1.807) is 32.9 Å². The highest BCUT2D eigenvalue weighted by molar-refractivity contribution is 7.89. The highest BCUT2D eigenvalue weighted by Gasteiger charge is 2.15. The number of amides is 1. The quantitative estimate of drug-likeness (QED) is 0.495. The summed E-state index contributed by atoms with van der Waals surface area (Å²) in [5, 5.41) is 2.60. The van der Waals surface area contributed by atoms with Crippen molar-refractivity contribution in [3.8, 4) is 5.75 Å². The van der Waals surface area contributed by atoms with Gasteiger partial charge in [0.1, 0.15) is 18.0 Å². The molecule has 28 heavy (non-hydrogen) atoms. The molecule has 0 aliphatic carbocycles. The van der Waals surface area contributed by atoms with Gasteiger partial charge in [-0.3, -0.25) is 0 Å². The molecule has 0 unspecified atom stereocenters. The average Bonchev–Trinajstić information content (AvgIpc) is 2.62. The Bertz CT molecular complexity index is 685. The first-order chi connectivity index (χ1) is 13.1. The molecule has 0 radical (unpaired) electrons. The first-order valence-corrected chi connectivity index (χ1v) is 10.4. The molecule has 0 heterocycles. The molecule has 0 aliphatic rings. The molecule has 10 heteroatoms. The molecule has 1 aromatic carbocycles. The smallest absolute Gasteiger partial charge is 0.407 e. The normalized spacial score (nSPS) is 11.9. The molecule has 160 valence electrons. The van der Waals surface area contributed by atoms with Gasteiger partial charge in [-0.1, -0.05) is 0 Å². The van der Waals surface area contributed by atoms with E-state index in [9.17, 15) is 13.2 Å². The van der Waals surface area contributed by atoms with Crippen molar-refractivity contribution in [3.63, 3.8) is 0 Å². The molecule has 1 rings (SSSR count). The van der Waals surface area contributed by atoms with Crippen LogP contribution in [0.3, 0.4) is 0 Å². The van der Waals surface area contributed by atoms with Crippen LogP contribution < -0.4 is 14.8 Å². The van der Waals surface area contributed by atoms with Gasteiger partial charge in [-0.2, -0.15) is 0 Å². The molecule has 1 amide bonds. The Morgan fingerprint density at radius 3 is 2.11 bits per heavy atom. The van der Waals surface area contributed by atoms with E-state index in [2.05, 4.69) is 10.0 Å². The zero-order valence-electron chi connectivity index (χ0n) is 16.8. The standard InChI is InChI=1S/C18H30N2O7S/c1-18(2,3)27-17(21)20-9-10-24-11-12-25-13-14-26-15-5-7-16(8-6-15)28(22,23)19-4/h5-8,19H,9-14H2,1-4H3,(H,20,21). The summed E-state index contributed by atoms with van der Waals surface area (Å²) >= 11 is 0. The van der Waals surface area contributed by atoms with Crippen molar-refractivity contribution in [2.75, 3.05) is 46.6 Å². The molecule has 9 nitrogen and oxygen atoms in total. The maximum Gasteiger partial charge on any atom is 0.407 e. The maximum absolute atomic E-state index is 11.6. The third kappa shape index (κ3) is 10.5. The Labute approximate surface area is 166 Å². The van der Waals surface area contributed by atoms with E-state index in [-0.39, 0.29) is 4.90 Å². The number of carbonyl (C=O) groups excluding carboxylic acids is 1. The van der Waals surface area contributed by atoms with Gasteiger partial charge in [0, 0.05) is 6.54 Å². The average molecular weight is 419 g/mol. The number of carbonyl (C=O) groups is 1. The fraction of sp³-hybridized carbons (Fsp3) is 0.611. The van der Waals surface area contributed by atoms with E-state index in [1.807, 2.05) is 0 Å². The van der Waals surface area contributed by atoms with Gasteiger partial charge < -0.3 is 24.3 Å². The second-order valence-corrected chi connectivity index (χ2v) is 8.57. The molecule has 0 aliphatic heterocycles. The molecule has 0 fully saturated rings. The minimum Gasteiger partial charge on any atom is -0.491 e. The van der Waals surface area contributed by atoms with Crippen LogP contribution in [0.25, 0.3) is 0 Å². The van der Waals surface area contributed by atoms with Crippen molar-refractivity contribution in [2.24, 2.45) is 0 Å². The molecule has 1 aromatic rings. The van der Waals surface area contributed by atoms with Gasteiger partial charge in [0.25, 0.3) is 0 Å². The minimum atomic E-state index is -3.44. The van der Waals surface area contributed by atoms with Crippen LogP contribution in [0.4, 0.5) is 4.79 Å². The van der Waals surface area contributed by atoms with E-state index in [4.69, 9.17) is 18.9 Å². The predicted octanol–water partition coefficient (Wildman–Crippen LogP) is 1.53. The summed E-state index contributed by atoms with van der Waals surface area (Å²) in [5.74, 6) is 0.558. The first-order valence-electron chi connectivity index (χ1n) is 8.93. The van der Waals surface area contributed by atoms with E-state index in [1.165, 1.54) is 19.2 Å². The van der Waals surface area contributed by atoms with Crippen LogP contribution in [0, 0.1) is 0 Å². The minimum absolute atomic E-state index is 0.178. The van der Waals surface area contributed by atoms with Gasteiger partial charge in [-0.15, -0.1) is 0 Å². The zero-order valence-corrected chi connectivity index (χ0v) is 17.6.